The van der Waals surface area contributed by atoms with Gasteiger partial charge in [0.25, 0.3) is 0 Å². The van der Waals surface area contributed by atoms with E-state index in [4.69, 9.17) is 9.84 Å². The summed E-state index contributed by atoms with van der Waals surface area (Å²) >= 11 is 0. The van der Waals surface area contributed by atoms with Gasteiger partial charge < -0.3 is 9.84 Å². The Morgan fingerprint density at radius 2 is 1.95 bits per heavy atom. The number of nitrogens with zero attached hydrogens (tertiary/aromatic N) is 3. The average molecular weight is 255 g/mol. The zero-order chi connectivity index (χ0) is 13.2. The van der Waals surface area contributed by atoms with E-state index in [-0.39, 0.29) is 11.2 Å². The number of aromatic carboxylic acids is 1. The van der Waals surface area contributed by atoms with Gasteiger partial charge in [0, 0.05) is 0 Å². The molecule has 3 aromatic rings. The topological polar surface area (TPSA) is 76.7 Å². The summed E-state index contributed by atoms with van der Waals surface area (Å²) in [7, 11) is 0. The second-order valence-electron chi connectivity index (χ2n) is 3.84. The van der Waals surface area contributed by atoms with Gasteiger partial charge in [-0.25, -0.2) is 14.3 Å². The normalized spacial score (nSPS) is 10.5. The lowest BCUT2D eigenvalue weighted by atomic mass is 10.3. The van der Waals surface area contributed by atoms with Crippen molar-refractivity contribution in [3.8, 4) is 11.5 Å². The van der Waals surface area contributed by atoms with Crippen LogP contribution in [-0.2, 0) is 0 Å². The number of ether oxygens (including phenoxy) is 1. The van der Waals surface area contributed by atoms with E-state index < -0.39 is 5.97 Å². The number of carboxylic acids is 1. The molecule has 0 unspecified atom stereocenters. The quantitative estimate of drug-likeness (QED) is 0.776. The number of hydrogen-bond donors (Lipinski definition) is 1. The fraction of sp³-hybridized carbons (Fsp3) is 0. The zero-order valence-electron chi connectivity index (χ0n) is 9.72. The molecule has 3 rings (SSSR count). The predicted octanol–water partition coefficient (Wildman–Crippen LogP) is 2.22. The molecule has 0 saturated heterocycles. The highest BCUT2D eigenvalue weighted by Crippen LogP contribution is 2.20. The van der Waals surface area contributed by atoms with Gasteiger partial charge in [0.1, 0.15) is 11.3 Å². The van der Waals surface area contributed by atoms with Gasteiger partial charge in [-0.3, -0.25) is 0 Å². The van der Waals surface area contributed by atoms with Gasteiger partial charge in [-0.15, -0.1) is 0 Å². The van der Waals surface area contributed by atoms with Crippen LogP contribution in [0.5, 0.6) is 11.5 Å². The van der Waals surface area contributed by atoms with Crippen molar-refractivity contribution in [1.82, 2.24) is 14.6 Å². The third-order valence-corrected chi connectivity index (χ3v) is 2.54. The SMILES string of the molecule is O=C(O)c1cnn2cc(Oc3ccccc3)cnc12. The number of benzene rings is 1. The second kappa shape index (κ2) is 4.41. The molecule has 0 aliphatic heterocycles. The van der Waals surface area contributed by atoms with E-state index in [0.717, 1.165) is 0 Å². The van der Waals surface area contributed by atoms with Crippen molar-refractivity contribution < 1.29 is 14.6 Å². The van der Waals surface area contributed by atoms with Crippen LogP contribution in [0.2, 0.25) is 0 Å². The van der Waals surface area contributed by atoms with Crippen LogP contribution in [0.3, 0.4) is 0 Å². The van der Waals surface area contributed by atoms with E-state index in [1.54, 1.807) is 6.20 Å². The van der Waals surface area contributed by atoms with E-state index in [0.29, 0.717) is 11.5 Å². The summed E-state index contributed by atoms with van der Waals surface area (Å²) in [6.45, 7) is 0. The monoisotopic (exact) mass is 255 g/mol. The Balaban J connectivity index is 1.97. The molecule has 0 amide bonds. The Morgan fingerprint density at radius 3 is 2.68 bits per heavy atom. The minimum atomic E-state index is -1.06. The van der Waals surface area contributed by atoms with E-state index in [1.165, 1.54) is 16.9 Å². The lowest BCUT2D eigenvalue weighted by Crippen LogP contribution is -1.98. The third-order valence-electron chi connectivity index (χ3n) is 2.54. The van der Waals surface area contributed by atoms with Gasteiger partial charge in [0.2, 0.25) is 0 Å². The molecule has 0 radical (unpaired) electrons. The summed E-state index contributed by atoms with van der Waals surface area (Å²) in [5.74, 6) is 0.104. The highest BCUT2D eigenvalue weighted by atomic mass is 16.5. The van der Waals surface area contributed by atoms with E-state index in [1.807, 2.05) is 30.3 Å². The van der Waals surface area contributed by atoms with Crippen molar-refractivity contribution >= 4 is 11.6 Å². The average Bonchev–Trinajstić information content (AvgIpc) is 2.83. The van der Waals surface area contributed by atoms with Crippen LogP contribution in [0.4, 0.5) is 0 Å². The Hall–Kier alpha value is -2.89. The molecule has 1 aromatic carbocycles. The van der Waals surface area contributed by atoms with Crippen LogP contribution < -0.4 is 4.74 Å². The molecule has 0 atom stereocenters. The Morgan fingerprint density at radius 1 is 1.16 bits per heavy atom. The molecule has 0 bridgehead atoms. The molecular weight excluding hydrogens is 246 g/mol. The lowest BCUT2D eigenvalue weighted by molar-refractivity contribution is 0.0698. The highest BCUT2D eigenvalue weighted by molar-refractivity contribution is 5.94. The second-order valence-corrected chi connectivity index (χ2v) is 3.84. The molecule has 0 spiro atoms. The smallest absolute Gasteiger partial charge is 0.341 e. The number of fused-ring (bicyclic) bond motifs is 1. The van der Waals surface area contributed by atoms with Crippen molar-refractivity contribution in [3.05, 3.63) is 54.5 Å². The Labute approximate surface area is 107 Å². The fourth-order valence-corrected chi connectivity index (χ4v) is 1.69. The highest BCUT2D eigenvalue weighted by Gasteiger charge is 2.12. The first-order chi connectivity index (χ1) is 9.24. The van der Waals surface area contributed by atoms with Crippen molar-refractivity contribution in [2.24, 2.45) is 0 Å². The Kier molecular flexibility index (Phi) is 2.60. The van der Waals surface area contributed by atoms with Gasteiger partial charge in [0.05, 0.1) is 18.6 Å². The minimum Gasteiger partial charge on any atom is -0.477 e. The first kappa shape index (κ1) is 11.2. The summed E-state index contributed by atoms with van der Waals surface area (Å²) in [5.41, 5.74) is 0.346. The maximum absolute atomic E-state index is 10.9. The van der Waals surface area contributed by atoms with Crippen molar-refractivity contribution in [1.29, 1.82) is 0 Å². The molecule has 0 fully saturated rings. The first-order valence-electron chi connectivity index (χ1n) is 5.53. The number of hydrogen-bond acceptors (Lipinski definition) is 4. The molecule has 19 heavy (non-hydrogen) atoms. The minimum absolute atomic E-state index is 0.0614. The molecule has 0 saturated carbocycles. The molecule has 6 nitrogen and oxygen atoms in total. The van der Waals surface area contributed by atoms with Crippen molar-refractivity contribution in [2.45, 2.75) is 0 Å². The lowest BCUT2D eigenvalue weighted by Gasteiger charge is -2.04. The summed E-state index contributed by atoms with van der Waals surface area (Å²) in [6, 6.07) is 9.24. The van der Waals surface area contributed by atoms with Crippen LogP contribution in [0.1, 0.15) is 10.4 Å². The van der Waals surface area contributed by atoms with Crippen LogP contribution in [0, 0.1) is 0 Å². The third kappa shape index (κ3) is 2.11. The summed E-state index contributed by atoms with van der Waals surface area (Å²) < 4.78 is 6.96. The van der Waals surface area contributed by atoms with Gasteiger partial charge in [-0.2, -0.15) is 5.10 Å². The zero-order valence-corrected chi connectivity index (χ0v) is 9.72. The van der Waals surface area contributed by atoms with Gasteiger partial charge >= 0.3 is 5.97 Å². The maximum Gasteiger partial charge on any atom is 0.341 e. The Bertz CT molecular complexity index is 737. The molecule has 1 N–H and O–H groups in total. The van der Waals surface area contributed by atoms with E-state index in [2.05, 4.69) is 10.1 Å². The summed E-state index contributed by atoms with van der Waals surface area (Å²) in [5, 5.41) is 12.9. The first-order valence-corrected chi connectivity index (χ1v) is 5.53. The molecule has 6 heteroatoms. The number of aromatic nitrogens is 3. The summed E-state index contributed by atoms with van der Waals surface area (Å²) in [4.78, 5) is 15.0. The number of carboxylic acid groups (broad SMARTS) is 1. The maximum atomic E-state index is 10.9. The number of rotatable bonds is 3. The standard InChI is InChI=1S/C13H9N3O3/c17-13(18)11-7-15-16-8-10(6-14-12(11)16)19-9-4-2-1-3-5-9/h1-8H,(H,17,18). The van der Waals surface area contributed by atoms with Crippen LogP contribution in [0.25, 0.3) is 5.65 Å². The number of para-hydroxylation sites is 1. The molecule has 2 heterocycles. The van der Waals surface area contributed by atoms with Crippen LogP contribution in [0.15, 0.2) is 48.9 Å². The number of carbonyl (C=O) groups is 1. The van der Waals surface area contributed by atoms with Crippen LogP contribution in [-0.4, -0.2) is 25.7 Å². The van der Waals surface area contributed by atoms with E-state index in [9.17, 15) is 4.79 Å². The molecule has 0 aliphatic carbocycles. The van der Waals surface area contributed by atoms with Gasteiger partial charge in [0.15, 0.2) is 11.4 Å². The fourth-order valence-electron chi connectivity index (χ4n) is 1.69. The molecular formula is C13H9N3O3. The largest absolute Gasteiger partial charge is 0.477 e. The van der Waals surface area contributed by atoms with Crippen LogP contribution >= 0.6 is 0 Å². The van der Waals surface area contributed by atoms with Crippen molar-refractivity contribution in [2.75, 3.05) is 0 Å². The van der Waals surface area contributed by atoms with Gasteiger partial charge in [-0.1, -0.05) is 18.2 Å². The van der Waals surface area contributed by atoms with Crippen molar-refractivity contribution in [3.63, 3.8) is 0 Å². The molecule has 94 valence electrons. The van der Waals surface area contributed by atoms with Gasteiger partial charge in [-0.05, 0) is 12.1 Å². The summed E-state index contributed by atoms with van der Waals surface area (Å²) in [6.07, 6.45) is 4.31. The molecule has 0 aliphatic rings. The van der Waals surface area contributed by atoms with E-state index >= 15 is 0 Å². The molecule has 2 aromatic heterocycles. The predicted molar refractivity (Wildman–Crippen MR) is 66.5 cm³/mol.